The van der Waals surface area contributed by atoms with Crippen LogP contribution in [-0.2, 0) is 80.9 Å². The SMILES string of the molecule is CC(=O)OCC1OC(C2C(COC(C)=O)OC(OCCCO)C(OC(C)=O)C2OC(C)=O)C(OC(C)=O)C(OC(C)=O)C1OC(C)=O. The number of hydrogen-bond donors (Lipinski definition) is 1. The average molecular weight is 679 g/mol. The molecule has 266 valence electrons. The Morgan fingerprint density at radius 1 is 0.532 bits per heavy atom. The molecule has 0 bridgehead atoms. The first-order chi connectivity index (χ1) is 22.0. The second kappa shape index (κ2) is 18.5. The van der Waals surface area contributed by atoms with Crippen LogP contribution in [0.4, 0.5) is 0 Å². The molecule has 18 heteroatoms. The summed E-state index contributed by atoms with van der Waals surface area (Å²) in [4.78, 5) is 85.5. The smallest absolute Gasteiger partial charge is 0.303 e. The Labute approximate surface area is 270 Å². The normalized spacial score (nSPS) is 30.2. The van der Waals surface area contributed by atoms with Crippen LogP contribution < -0.4 is 0 Å². The molecule has 2 aliphatic rings. The van der Waals surface area contributed by atoms with Gasteiger partial charge in [0.25, 0.3) is 0 Å². The molecule has 2 heterocycles. The van der Waals surface area contributed by atoms with Crippen LogP contribution in [-0.4, -0.2) is 128 Å². The summed E-state index contributed by atoms with van der Waals surface area (Å²) in [6.07, 6.45) is -13.3. The Kier molecular flexibility index (Phi) is 15.4. The molecule has 10 unspecified atom stereocenters. The molecule has 10 atom stereocenters. The Morgan fingerprint density at radius 3 is 1.47 bits per heavy atom. The zero-order valence-electron chi connectivity index (χ0n) is 27.2. The van der Waals surface area contributed by atoms with E-state index < -0.39 is 116 Å². The van der Waals surface area contributed by atoms with E-state index in [0.29, 0.717) is 0 Å². The summed E-state index contributed by atoms with van der Waals surface area (Å²) in [5.74, 6) is -7.22. The molecule has 0 aromatic rings. The summed E-state index contributed by atoms with van der Waals surface area (Å²) in [6.45, 7) is 6.04. The number of hydrogen-bond acceptors (Lipinski definition) is 18. The Balaban J connectivity index is 2.84. The summed E-state index contributed by atoms with van der Waals surface area (Å²) in [5.41, 5.74) is 0. The van der Waals surface area contributed by atoms with Gasteiger partial charge in [-0.05, 0) is 6.42 Å². The third-order valence-electron chi connectivity index (χ3n) is 6.76. The molecule has 2 rings (SSSR count). The predicted molar refractivity (Wildman–Crippen MR) is 150 cm³/mol. The van der Waals surface area contributed by atoms with Gasteiger partial charge in [-0.1, -0.05) is 0 Å². The second-order valence-corrected chi connectivity index (χ2v) is 10.7. The van der Waals surface area contributed by atoms with Crippen molar-refractivity contribution >= 4 is 41.8 Å². The molecule has 2 saturated heterocycles. The molecule has 0 radical (unpaired) electrons. The minimum absolute atomic E-state index is 0.101. The van der Waals surface area contributed by atoms with Crippen LogP contribution in [0.3, 0.4) is 0 Å². The van der Waals surface area contributed by atoms with Gasteiger partial charge in [-0.2, -0.15) is 0 Å². The van der Waals surface area contributed by atoms with Gasteiger partial charge in [-0.25, -0.2) is 0 Å². The number of carbonyl (C=O) groups is 7. The summed E-state index contributed by atoms with van der Waals surface area (Å²) in [6, 6.07) is 0. The van der Waals surface area contributed by atoms with Crippen molar-refractivity contribution in [3.63, 3.8) is 0 Å². The standard InChI is InChI=1S/C29H42O18/c1-13(31)39-11-20-22(25(42-16(4)34)28(45-19(7)37)29(47-20)38-10-8-9-30)24-27(44-18(6)36)26(43-17(5)35)23(41-15(3)33)21(46-24)12-40-14(2)32/h20-30H,8-12H2,1-7H3. The summed E-state index contributed by atoms with van der Waals surface area (Å²) < 4.78 is 56.3. The quantitative estimate of drug-likeness (QED) is 0.136. The van der Waals surface area contributed by atoms with E-state index in [-0.39, 0.29) is 19.6 Å². The summed E-state index contributed by atoms with van der Waals surface area (Å²) in [5, 5.41) is 9.27. The van der Waals surface area contributed by atoms with Crippen LogP contribution in [0.1, 0.15) is 54.9 Å². The highest BCUT2D eigenvalue weighted by Gasteiger charge is 2.61. The van der Waals surface area contributed by atoms with Crippen molar-refractivity contribution in [3.8, 4) is 0 Å². The first-order valence-electron chi connectivity index (χ1n) is 14.7. The first kappa shape index (κ1) is 39.3. The number of esters is 7. The summed E-state index contributed by atoms with van der Waals surface area (Å²) >= 11 is 0. The van der Waals surface area contributed by atoms with Crippen molar-refractivity contribution < 1.29 is 86.0 Å². The maximum atomic E-state index is 12.5. The van der Waals surface area contributed by atoms with E-state index in [9.17, 15) is 38.7 Å². The minimum atomic E-state index is -1.63. The zero-order valence-corrected chi connectivity index (χ0v) is 27.2. The molecule has 18 nitrogen and oxygen atoms in total. The number of ether oxygens (including phenoxy) is 10. The molecule has 0 spiro atoms. The van der Waals surface area contributed by atoms with Gasteiger partial charge in [-0.3, -0.25) is 33.6 Å². The molecule has 0 aromatic carbocycles. The van der Waals surface area contributed by atoms with E-state index in [1.165, 1.54) is 0 Å². The van der Waals surface area contributed by atoms with Crippen molar-refractivity contribution in [2.24, 2.45) is 5.92 Å². The van der Waals surface area contributed by atoms with E-state index in [4.69, 9.17) is 47.4 Å². The molecule has 2 fully saturated rings. The average Bonchev–Trinajstić information content (AvgIpc) is 2.93. The van der Waals surface area contributed by atoms with Crippen molar-refractivity contribution in [3.05, 3.63) is 0 Å². The maximum Gasteiger partial charge on any atom is 0.303 e. The number of carbonyl (C=O) groups excluding carboxylic acids is 7. The molecule has 2 aliphatic heterocycles. The minimum Gasteiger partial charge on any atom is -0.463 e. The zero-order chi connectivity index (χ0) is 35.4. The van der Waals surface area contributed by atoms with Crippen LogP contribution in [0.5, 0.6) is 0 Å². The Bertz CT molecular complexity index is 1140. The first-order valence-corrected chi connectivity index (χ1v) is 14.7. The highest BCUT2D eigenvalue weighted by Crippen LogP contribution is 2.41. The van der Waals surface area contributed by atoms with E-state index in [0.717, 1.165) is 48.5 Å². The van der Waals surface area contributed by atoms with E-state index in [2.05, 4.69) is 0 Å². The predicted octanol–water partition coefficient (Wildman–Crippen LogP) is -0.721. The molecule has 0 aliphatic carbocycles. The number of aliphatic hydroxyl groups is 1. The lowest BCUT2D eigenvalue weighted by atomic mass is 9.78. The van der Waals surface area contributed by atoms with Gasteiger partial charge in [-0.15, -0.1) is 0 Å². The summed E-state index contributed by atoms with van der Waals surface area (Å²) in [7, 11) is 0. The fourth-order valence-corrected chi connectivity index (χ4v) is 5.30. The van der Waals surface area contributed by atoms with E-state index in [1.807, 2.05) is 0 Å². The van der Waals surface area contributed by atoms with Crippen molar-refractivity contribution in [1.29, 1.82) is 0 Å². The van der Waals surface area contributed by atoms with Gasteiger partial charge in [0.1, 0.15) is 31.5 Å². The fourth-order valence-electron chi connectivity index (χ4n) is 5.30. The highest BCUT2D eigenvalue weighted by atomic mass is 16.7. The lowest BCUT2D eigenvalue weighted by Crippen LogP contribution is -2.70. The van der Waals surface area contributed by atoms with Gasteiger partial charge in [0.2, 0.25) is 0 Å². The van der Waals surface area contributed by atoms with Gasteiger partial charge in [0.05, 0.1) is 12.5 Å². The van der Waals surface area contributed by atoms with Crippen LogP contribution in [0.2, 0.25) is 0 Å². The molecule has 0 aromatic heterocycles. The lowest BCUT2D eigenvalue weighted by Gasteiger charge is -2.52. The Hall–Kier alpha value is -3.87. The van der Waals surface area contributed by atoms with Crippen molar-refractivity contribution in [1.82, 2.24) is 0 Å². The maximum absolute atomic E-state index is 12.5. The van der Waals surface area contributed by atoms with Crippen molar-refractivity contribution in [2.45, 2.75) is 110 Å². The third-order valence-corrected chi connectivity index (χ3v) is 6.76. The van der Waals surface area contributed by atoms with Crippen LogP contribution in [0.25, 0.3) is 0 Å². The monoisotopic (exact) mass is 678 g/mol. The Morgan fingerprint density at radius 2 is 0.979 bits per heavy atom. The fraction of sp³-hybridized carbons (Fsp3) is 0.759. The third kappa shape index (κ3) is 12.0. The molecular formula is C29H42O18. The van der Waals surface area contributed by atoms with Gasteiger partial charge in [0, 0.05) is 55.1 Å². The van der Waals surface area contributed by atoms with E-state index in [1.54, 1.807) is 0 Å². The molecule has 0 saturated carbocycles. The topological polar surface area (TPSA) is 232 Å². The lowest BCUT2D eigenvalue weighted by molar-refractivity contribution is -0.328. The van der Waals surface area contributed by atoms with E-state index >= 15 is 0 Å². The largest absolute Gasteiger partial charge is 0.463 e. The van der Waals surface area contributed by atoms with Crippen LogP contribution >= 0.6 is 0 Å². The second-order valence-electron chi connectivity index (χ2n) is 10.7. The van der Waals surface area contributed by atoms with Gasteiger partial charge in [0.15, 0.2) is 36.8 Å². The molecule has 1 N–H and O–H groups in total. The molecule has 0 amide bonds. The number of rotatable bonds is 14. The number of aliphatic hydroxyl groups excluding tert-OH is 1. The van der Waals surface area contributed by atoms with Gasteiger partial charge >= 0.3 is 41.8 Å². The van der Waals surface area contributed by atoms with Crippen molar-refractivity contribution in [2.75, 3.05) is 26.4 Å². The molecule has 47 heavy (non-hydrogen) atoms. The molecular weight excluding hydrogens is 636 g/mol. The van der Waals surface area contributed by atoms with Crippen LogP contribution in [0.15, 0.2) is 0 Å². The van der Waals surface area contributed by atoms with Crippen LogP contribution in [0, 0.1) is 5.92 Å². The highest BCUT2D eigenvalue weighted by molar-refractivity contribution is 5.69. The van der Waals surface area contributed by atoms with Gasteiger partial charge < -0.3 is 52.5 Å².